The van der Waals surface area contributed by atoms with Crippen molar-refractivity contribution in [2.24, 2.45) is 0 Å². The summed E-state index contributed by atoms with van der Waals surface area (Å²) >= 11 is 0. The first-order chi connectivity index (χ1) is 8.99. The number of carbonyl (C=O) groups is 1. The molecule has 104 valence electrons. The summed E-state index contributed by atoms with van der Waals surface area (Å²) in [6, 6.07) is 5.97. The summed E-state index contributed by atoms with van der Waals surface area (Å²) in [7, 11) is 0. The van der Waals surface area contributed by atoms with Crippen molar-refractivity contribution in [3.8, 4) is 5.75 Å². The molecule has 19 heavy (non-hydrogen) atoms. The minimum Gasteiger partial charge on any atom is -0.479 e. The van der Waals surface area contributed by atoms with Crippen molar-refractivity contribution in [3.63, 3.8) is 0 Å². The Labute approximate surface area is 115 Å². The van der Waals surface area contributed by atoms with Crippen LogP contribution in [-0.4, -0.2) is 18.7 Å². The van der Waals surface area contributed by atoms with E-state index in [4.69, 9.17) is 9.47 Å². The molecule has 0 radical (unpaired) electrons. The van der Waals surface area contributed by atoms with E-state index in [-0.39, 0.29) is 11.9 Å². The Balaban J connectivity index is 2.95. The lowest BCUT2D eigenvalue weighted by Gasteiger charge is -2.18. The van der Waals surface area contributed by atoms with Crippen LogP contribution in [0.4, 0.5) is 0 Å². The summed E-state index contributed by atoms with van der Waals surface area (Å²) in [5.41, 5.74) is 2.11. The van der Waals surface area contributed by atoms with Crippen LogP contribution in [0.2, 0.25) is 0 Å². The fourth-order valence-electron chi connectivity index (χ4n) is 1.74. The third kappa shape index (κ3) is 4.12. The molecule has 0 aliphatic rings. The first-order valence-corrected chi connectivity index (χ1v) is 6.56. The van der Waals surface area contributed by atoms with Crippen LogP contribution in [0.1, 0.15) is 37.8 Å². The van der Waals surface area contributed by atoms with E-state index in [0.29, 0.717) is 12.4 Å². The van der Waals surface area contributed by atoms with Gasteiger partial charge < -0.3 is 9.47 Å². The van der Waals surface area contributed by atoms with Gasteiger partial charge in [0.05, 0.1) is 6.61 Å². The second-order valence-electron chi connectivity index (χ2n) is 4.58. The van der Waals surface area contributed by atoms with Crippen molar-refractivity contribution in [1.29, 1.82) is 0 Å². The maximum Gasteiger partial charge on any atom is 0.347 e. The Bertz CT molecular complexity index is 451. The zero-order chi connectivity index (χ0) is 14.4. The van der Waals surface area contributed by atoms with Gasteiger partial charge in [-0.2, -0.15) is 0 Å². The molecule has 3 heteroatoms. The van der Waals surface area contributed by atoms with Crippen molar-refractivity contribution in [2.45, 2.75) is 39.7 Å². The van der Waals surface area contributed by atoms with Gasteiger partial charge in [-0.05, 0) is 32.4 Å². The van der Waals surface area contributed by atoms with E-state index in [0.717, 1.165) is 11.1 Å². The van der Waals surface area contributed by atoms with Crippen LogP contribution < -0.4 is 4.74 Å². The van der Waals surface area contributed by atoms with Gasteiger partial charge >= 0.3 is 5.97 Å². The third-order valence-electron chi connectivity index (χ3n) is 2.94. The van der Waals surface area contributed by atoms with Crippen LogP contribution in [0.15, 0.2) is 30.9 Å². The standard InChI is InChI=1S/C16H22O3/c1-6-12(4)14-9-8-11(3)10-15(14)19-13(5)16(17)18-7-2/h6,8-10,12-13H,1,7H2,2-5H3. The van der Waals surface area contributed by atoms with Crippen molar-refractivity contribution in [2.75, 3.05) is 6.61 Å². The molecule has 1 aromatic rings. The maximum absolute atomic E-state index is 11.6. The molecule has 2 atom stereocenters. The smallest absolute Gasteiger partial charge is 0.347 e. The Morgan fingerprint density at radius 1 is 1.42 bits per heavy atom. The molecule has 0 amide bonds. The quantitative estimate of drug-likeness (QED) is 0.580. The first-order valence-electron chi connectivity index (χ1n) is 6.56. The summed E-state index contributed by atoms with van der Waals surface area (Å²) in [6.07, 6.45) is 1.24. The number of rotatable bonds is 6. The summed E-state index contributed by atoms with van der Waals surface area (Å²) in [5.74, 6) is 0.541. The molecule has 2 unspecified atom stereocenters. The van der Waals surface area contributed by atoms with Crippen LogP contribution in [0.5, 0.6) is 5.75 Å². The van der Waals surface area contributed by atoms with Crippen LogP contribution in [0.3, 0.4) is 0 Å². The topological polar surface area (TPSA) is 35.5 Å². The molecule has 0 aromatic heterocycles. The van der Waals surface area contributed by atoms with Crippen molar-refractivity contribution in [3.05, 3.63) is 42.0 Å². The SMILES string of the molecule is C=CC(C)c1ccc(C)cc1OC(C)C(=O)OCC. The van der Waals surface area contributed by atoms with Crippen LogP contribution in [0, 0.1) is 6.92 Å². The van der Waals surface area contributed by atoms with Gasteiger partial charge in [0, 0.05) is 11.5 Å². The van der Waals surface area contributed by atoms with Crippen LogP contribution in [-0.2, 0) is 9.53 Å². The average Bonchev–Trinajstić information content (AvgIpc) is 2.38. The minimum absolute atomic E-state index is 0.171. The third-order valence-corrected chi connectivity index (χ3v) is 2.94. The average molecular weight is 262 g/mol. The van der Waals surface area contributed by atoms with Crippen LogP contribution in [0.25, 0.3) is 0 Å². The highest BCUT2D eigenvalue weighted by Gasteiger charge is 2.18. The predicted molar refractivity (Wildman–Crippen MR) is 76.5 cm³/mol. The number of hydrogen-bond acceptors (Lipinski definition) is 3. The highest BCUT2D eigenvalue weighted by Crippen LogP contribution is 2.29. The number of aryl methyl sites for hydroxylation is 1. The normalized spacial score (nSPS) is 13.5. The van der Waals surface area contributed by atoms with Gasteiger partial charge in [-0.1, -0.05) is 25.1 Å². The van der Waals surface area contributed by atoms with Crippen molar-refractivity contribution < 1.29 is 14.3 Å². The van der Waals surface area contributed by atoms with Gasteiger partial charge in [0.25, 0.3) is 0 Å². The molecule has 0 spiro atoms. The Kier molecular flexibility index (Phi) is 5.61. The van der Waals surface area contributed by atoms with Crippen molar-refractivity contribution in [1.82, 2.24) is 0 Å². The molecular weight excluding hydrogens is 240 g/mol. The molecule has 1 aromatic carbocycles. The Morgan fingerprint density at radius 2 is 2.11 bits per heavy atom. The molecule has 1 rings (SSSR count). The lowest BCUT2D eigenvalue weighted by atomic mass is 9.99. The van der Waals surface area contributed by atoms with Gasteiger partial charge in [0.1, 0.15) is 5.75 Å². The highest BCUT2D eigenvalue weighted by atomic mass is 16.6. The number of allylic oxidation sites excluding steroid dienone is 1. The number of esters is 1. The molecule has 0 aliphatic carbocycles. The molecular formula is C16H22O3. The van der Waals surface area contributed by atoms with Crippen LogP contribution >= 0.6 is 0 Å². The van der Waals surface area contributed by atoms with Crippen molar-refractivity contribution >= 4 is 5.97 Å². The van der Waals surface area contributed by atoms with E-state index in [1.54, 1.807) is 13.8 Å². The van der Waals surface area contributed by atoms with E-state index < -0.39 is 6.10 Å². The number of ether oxygens (including phenoxy) is 2. The molecule has 3 nitrogen and oxygen atoms in total. The summed E-state index contributed by atoms with van der Waals surface area (Å²) in [4.78, 5) is 11.6. The van der Waals surface area contributed by atoms with E-state index in [2.05, 4.69) is 6.58 Å². The van der Waals surface area contributed by atoms with E-state index in [9.17, 15) is 4.79 Å². The fourth-order valence-corrected chi connectivity index (χ4v) is 1.74. The first kappa shape index (κ1) is 15.3. The lowest BCUT2D eigenvalue weighted by Crippen LogP contribution is -2.26. The monoisotopic (exact) mass is 262 g/mol. The Hall–Kier alpha value is -1.77. The largest absolute Gasteiger partial charge is 0.479 e. The summed E-state index contributed by atoms with van der Waals surface area (Å²) in [5, 5.41) is 0. The number of benzene rings is 1. The second-order valence-corrected chi connectivity index (χ2v) is 4.58. The Morgan fingerprint density at radius 3 is 2.68 bits per heavy atom. The van der Waals surface area contributed by atoms with Gasteiger partial charge in [-0.15, -0.1) is 6.58 Å². The number of hydrogen-bond donors (Lipinski definition) is 0. The van der Waals surface area contributed by atoms with Gasteiger partial charge in [-0.3, -0.25) is 0 Å². The lowest BCUT2D eigenvalue weighted by molar-refractivity contribution is -0.150. The molecule has 0 bridgehead atoms. The predicted octanol–water partition coefficient (Wildman–Crippen LogP) is 3.61. The second kappa shape index (κ2) is 6.98. The van der Waals surface area contributed by atoms with Gasteiger partial charge in [-0.25, -0.2) is 4.79 Å². The van der Waals surface area contributed by atoms with E-state index in [1.165, 1.54) is 0 Å². The zero-order valence-electron chi connectivity index (χ0n) is 12.1. The van der Waals surface area contributed by atoms with Gasteiger partial charge in [0.2, 0.25) is 0 Å². The summed E-state index contributed by atoms with van der Waals surface area (Å²) < 4.78 is 10.7. The molecule has 0 saturated heterocycles. The minimum atomic E-state index is -0.613. The van der Waals surface area contributed by atoms with E-state index in [1.807, 2.05) is 38.1 Å². The van der Waals surface area contributed by atoms with E-state index >= 15 is 0 Å². The molecule has 0 fully saturated rings. The fraction of sp³-hybridized carbons (Fsp3) is 0.438. The molecule has 0 aliphatic heterocycles. The zero-order valence-corrected chi connectivity index (χ0v) is 12.1. The molecule has 0 saturated carbocycles. The number of carbonyl (C=O) groups excluding carboxylic acids is 1. The molecule has 0 heterocycles. The summed E-state index contributed by atoms with van der Waals surface area (Å²) in [6.45, 7) is 11.7. The van der Waals surface area contributed by atoms with Gasteiger partial charge in [0.15, 0.2) is 6.10 Å². The molecule has 0 N–H and O–H groups in total. The highest BCUT2D eigenvalue weighted by molar-refractivity contribution is 5.74. The maximum atomic E-state index is 11.6.